The first-order valence-electron chi connectivity index (χ1n) is 4.42. The third-order valence-corrected chi connectivity index (χ3v) is 2.07. The van der Waals surface area contributed by atoms with Gasteiger partial charge in [0.25, 0.3) is 0 Å². The number of methoxy groups -OCH3 is 1. The minimum Gasteiger partial charge on any atom is -0.467 e. The van der Waals surface area contributed by atoms with Gasteiger partial charge in [-0.3, -0.25) is 4.79 Å². The second-order valence-electron chi connectivity index (χ2n) is 3.25. The van der Waals surface area contributed by atoms with Gasteiger partial charge in [-0.05, 0) is 26.3 Å². The fourth-order valence-electron chi connectivity index (χ4n) is 1.16. The molecule has 0 aliphatic heterocycles. The Bertz CT molecular complexity index is 361. The monoisotopic (exact) mass is 194 g/mol. The van der Waals surface area contributed by atoms with Crippen molar-refractivity contribution in [1.29, 1.82) is 0 Å². The number of hydrogen-bond donors (Lipinski definition) is 0. The van der Waals surface area contributed by atoms with Gasteiger partial charge >= 0.3 is 6.01 Å². The molecule has 14 heavy (non-hydrogen) atoms. The first-order valence-corrected chi connectivity index (χ1v) is 4.42. The molecule has 1 aromatic heterocycles. The molecular weight excluding hydrogens is 180 g/mol. The van der Waals surface area contributed by atoms with E-state index in [9.17, 15) is 4.79 Å². The minimum atomic E-state index is 0.0910. The average Bonchev–Trinajstić information content (AvgIpc) is 2.11. The molecule has 0 saturated carbocycles. The van der Waals surface area contributed by atoms with Gasteiger partial charge in [0.2, 0.25) is 0 Å². The van der Waals surface area contributed by atoms with Crippen molar-refractivity contribution in [2.45, 2.75) is 27.2 Å². The number of Topliss-reactive ketones (excluding diaryl/α,β-unsaturated/α-hetero) is 1. The van der Waals surface area contributed by atoms with Crippen LogP contribution in [-0.4, -0.2) is 22.9 Å². The van der Waals surface area contributed by atoms with Gasteiger partial charge in [0, 0.05) is 12.1 Å². The van der Waals surface area contributed by atoms with Crippen LogP contribution in [0.25, 0.3) is 0 Å². The summed E-state index contributed by atoms with van der Waals surface area (Å²) in [4.78, 5) is 19.2. The molecule has 1 rings (SSSR count). The zero-order valence-electron chi connectivity index (χ0n) is 8.92. The van der Waals surface area contributed by atoms with E-state index in [0.29, 0.717) is 12.4 Å². The maximum Gasteiger partial charge on any atom is 0.316 e. The highest BCUT2D eigenvalue weighted by Gasteiger charge is 2.09. The number of nitrogens with zero attached hydrogens (tertiary/aromatic N) is 2. The van der Waals surface area contributed by atoms with Crippen LogP contribution < -0.4 is 4.74 Å². The van der Waals surface area contributed by atoms with Crippen LogP contribution in [0.3, 0.4) is 0 Å². The van der Waals surface area contributed by atoms with Crippen LogP contribution in [0.2, 0.25) is 0 Å². The summed E-state index contributed by atoms with van der Waals surface area (Å²) < 4.78 is 4.94. The highest BCUT2D eigenvalue weighted by molar-refractivity contribution is 5.78. The van der Waals surface area contributed by atoms with Crippen molar-refractivity contribution in [2.75, 3.05) is 7.11 Å². The average molecular weight is 194 g/mol. The van der Waals surface area contributed by atoms with E-state index in [1.807, 2.05) is 13.8 Å². The number of ketones is 1. The van der Waals surface area contributed by atoms with Crippen LogP contribution in [0.15, 0.2) is 0 Å². The molecule has 0 aliphatic rings. The summed E-state index contributed by atoms with van der Waals surface area (Å²) in [7, 11) is 1.52. The van der Waals surface area contributed by atoms with Gasteiger partial charge < -0.3 is 4.74 Å². The number of carbonyl (C=O) groups excluding carboxylic acids is 1. The Kier molecular flexibility index (Phi) is 3.17. The zero-order valence-corrected chi connectivity index (χ0v) is 8.92. The van der Waals surface area contributed by atoms with Crippen LogP contribution in [-0.2, 0) is 11.2 Å². The van der Waals surface area contributed by atoms with E-state index in [1.54, 1.807) is 6.92 Å². The van der Waals surface area contributed by atoms with Crippen molar-refractivity contribution < 1.29 is 9.53 Å². The predicted octanol–water partition coefficient (Wildman–Crippen LogP) is 1.23. The summed E-state index contributed by atoms with van der Waals surface area (Å²) in [5.74, 6) is 0.0910. The molecule has 1 heterocycles. The SMILES string of the molecule is COc1nc(C)c(C)c(CC(C)=O)n1. The lowest BCUT2D eigenvalue weighted by Gasteiger charge is -2.07. The van der Waals surface area contributed by atoms with E-state index in [-0.39, 0.29) is 5.78 Å². The summed E-state index contributed by atoms with van der Waals surface area (Å²) in [6, 6.07) is 0.323. The molecule has 0 N–H and O–H groups in total. The molecule has 4 nitrogen and oxygen atoms in total. The smallest absolute Gasteiger partial charge is 0.316 e. The predicted molar refractivity (Wildman–Crippen MR) is 52.4 cm³/mol. The van der Waals surface area contributed by atoms with E-state index >= 15 is 0 Å². The summed E-state index contributed by atoms with van der Waals surface area (Å²) in [6.45, 7) is 5.33. The highest BCUT2D eigenvalue weighted by Crippen LogP contribution is 2.13. The lowest BCUT2D eigenvalue weighted by Crippen LogP contribution is -2.06. The third kappa shape index (κ3) is 2.28. The Morgan fingerprint density at radius 3 is 2.50 bits per heavy atom. The first-order chi connectivity index (χ1) is 6.54. The van der Waals surface area contributed by atoms with Crippen LogP contribution in [0.4, 0.5) is 0 Å². The van der Waals surface area contributed by atoms with E-state index in [4.69, 9.17) is 4.74 Å². The molecular formula is C10H14N2O2. The maximum absolute atomic E-state index is 11.0. The number of aromatic nitrogens is 2. The van der Waals surface area contributed by atoms with Crippen molar-refractivity contribution in [3.8, 4) is 6.01 Å². The van der Waals surface area contributed by atoms with Crippen LogP contribution in [0.5, 0.6) is 6.01 Å². The van der Waals surface area contributed by atoms with Crippen molar-refractivity contribution in [3.63, 3.8) is 0 Å². The topological polar surface area (TPSA) is 52.1 Å². The normalized spacial score (nSPS) is 10.0. The molecule has 0 aromatic carbocycles. The minimum absolute atomic E-state index is 0.0910. The quantitative estimate of drug-likeness (QED) is 0.726. The van der Waals surface area contributed by atoms with Gasteiger partial charge in [-0.15, -0.1) is 0 Å². The lowest BCUT2D eigenvalue weighted by atomic mass is 10.1. The molecule has 4 heteroatoms. The third-order valence-electron chi connectivity index (χ3n) is 2.07. The fraction of sp³-hybridized carbons (Fsp3) is 0.500. The van der Waals surface area contributed by atoms with Crippen molar-refractivity contribution in [2.24, 2.45) is 0 Å². The molecule has 0 amide bonds. The molecule has 0 fully saturated rings. The van der Waals surface area contributed by atoms with Gasteiger partial charge in [-0.1, -0.05) is 0 Å². The van der Waals surface area contributed by atoms with Gasteiger partial charge in [0.15, 0.2) is 0 Å². The molecule has 0 bridgehead atoms. The summed E-state index contributed by atoms with van der Waals surface area (Å²) in [5.41, 5.74) is 2.57. The molecule has 0 unspecified atom stereocenters. The van der Waals surface area contributed by atoms with Crippen LogP contribution in [0, 0.1) is 13.8 Å². The van der Waals surface area contributed by atoms with Gasteiger partial charge in [-0.2, -0.15) is 4.98 Å². The Labute approximate surface area is 83.3 Å². The van der Waals surface area contributed by atoms with Gasteiger partial charge in [0.05, 0.1) is 12.8 Å². The number of hydrogen-bond acceptors (Lipinski definition) is 4. The number of carbonyl (C=O) groups is 1. The molecule has 1 aromatic rings. The highest BCUT2D eigenvalue weighted by atomic mass is 16.5. The molecule has 0 saturated heterocycles. The summed E-state index contributed by atoms with van der Waals surface area (Å²) in [6.07, 6.45) is 0.339. The Morgan fingerprint density at radius 2 is 2.00 bits per heavy atom. The van der Waals surface area contributed by atoms with Crippen molar-refractivity contribution >= 4 is 5.78 Å². The second-order valence-corrected chi connectivity index (χ2v) is 3.25. The molecule has 76 valence electrons. The Balaban J connectivity index is 3.13. The van der Waals surface area contributed by atoms with E-state index in [1.165, 1.54) is 7.11 Å². The van der Waals surface area contributed by atoms with Crippen molar-refractivity contribution in [1.82, 2.24) is 9.97 Å². The largest absolute Gasteiger partial charge is 0.467 e. The van der Waals surface area contributed by atoms with E-state index in [0.717, 1.165) is 17.0 Å². The zero-order chi connectivity index (χ0) is 10.7. The number of rotatable bonds is 3. The van der Waals surface area contributed by atoms with Crippen molar-refractivity contribution in [3.05, 3.63) is 17.0 Å². The number of ether oxygens (including phenoxy) is 1. The van der Waals surface area contributed by atoms with E-state index in [2.05, 4.69) is 9.97 Å². The molecule has 0 radical (unpaired) electrons. The van der Waals surface area contributed by atoms with Gasteiger partial charge in [-0.25, -0.2) is 4.98 Å². The second kappa shape index (κ2) is 4.17. The van der Waals surface area contributed by atoms with Crippen LogP contribution in [0.1, 0.15) is 23.9 Å². The molecule has 0 atom stereocenters. The molecule has 0 spiro atoms. The van der Waals surface area contributed by atoms with E-state index < -0.39 is 0 Å². The first kappa shape index (κ1) is 10.6. The lowest BCUT2D eigenvalue weighted by molar-refractivity contribution is -0.116. The number of aryl methyl sites for hydroxylation is 1. The Hall–Kier alpha value is -1.45. The fourth-order valence-corrected chi connectivity index (χ4v) is 1.16. The standard InChI is InChI=1S/C10H14N2O2/c1-6(13)5-9-7(2)8(3)11-10(12-9)14-4/h5H2,1-4H3. The summed E-state index contributed by atoms with van der Waals surface area (Å²) in [5, 5.41) is 0. The Morgan fingerprint density at radius 1 is 1.36 bits per heavy atom. The van der Waals surface area contributed by atoms with Gasteiger partial charge in [0.1, 0.15) is 5.78 Å². The molecule has 0 aliphatic carbocycles. The maximum atomic E-state index is 11.0. The van der Waals surface area contributed by atoms with Crippen LogP contribution >= 0.6 is 0 Å². The summed E-state index contributed by atoms with van der Waals surface area (Å²) >= 11 is 0.